The SMILES string of the molecule is COc1ccc(CN(Cc2ccc(OC)cc2)c2nc(-c3ccco3)c3c(n2)N(Cc2ccc(F)cc2F)C(=O)C3)cc1. The zero-order valence-electron chi connectivity index (χ0n) is 23.6. The highest BCUT2D eigenvalue weighted by molar-refractivity contribution is 6.02. The summed E-state index contributed by atoms with van der Waals surface area (Å²) in [4.78, 5) is 26.5. The molecule has 3 heterocycles. The second kappa shape index (κ2) is 11.9. The van der Waals surface area contributed by atoms with E-state index in [9.17, 15) is 13.6 Å². The first kappa shape index (κ1) is 27.9. The number of anilines is 2. The molecule has 1 amide bonds. The maximum atomic E-state index is 14.7. The molecule has 1 aliphatic rings. The summed E-state index contributed by atoms with van der Waals surface area (Å²) in [6.45, 7) is 0.767. The quantitative estimate of drug-likeness (QED) is 0.190. The Balaban J connectivity index is 1.44. The van der Waals surface area contributed by atoms with Crippen LogP contribution >= 0.6 is 0 Å². The molecule has 0 spiro atoms. The van der Waals surface area contributed by atoms with Crippen LogP contribution in [0.1, 0.15) is 22.3 Å². The van der Waals surface area contributed by atoms with Crippen molar-refractivity contribution >= 4 is 17.7 Å². The summed E-state index contributed by atoms with van der Waals surface area (Å²) in [5.74, 6) is 0.985. The lowest BCUT2D eigenvalue weighted by atomic mass is 10.1. The fourth-order valence-electron chi connectivity index (χ4n) is 5.05. The molecule has 5 aromatic rings. The molecule has 3 aromatic carbocycles. The molecule has 1 aliphatic heterocycles. The van der Waals surface area contributed by atoms with E-state index >= 15 is 0 Å². The molecule has 6 rings (SSSR count). The van der Waals surface area contributed by atoms with E-state index in [-0.39, 0.29) is 24.4 Å². The van der Waals surface area contributed by atoms with Gasteiger partial charge in [-0.25, -0.2) is 13.8 Å². The molecule has 0 atom stereocenters. The van der Waals surface area contributed by atoms with Gasteiger partial charge in [-0.15, -0.1) is 0 Å². The van der Waals surface area contributed by atoms with Crippen molar-refractivity contribution in [1.29, 1.82) is 0 Å². The van der Waals surface area contributed by atoms with E-state index in [1.54, 1.807) is 32.6 Å². The highest BCUT2D eigenvalue weighted by Crippen LogP contribution is 2.38. The Morgan fingerprint density at radius 3 is 2.09 bits per heavy atom. The zero-order valence-corrected chi connectivity index (χ0v) is 23.6. The predicted molar refractivity (Wildman–Crippen MR) is 157 cm³/mol. The van der Waals surface area contributed by atoms with Gasteiger partial charge in [0.2, 0.25) is 11.9 Å². The number of rotatable bonds is 10. The topological polar surface area (TPSA) is 80.9 Å². The maximum absolute atomic E-state index is 14.7. The molecule has 0 unspecified atom stereocenters. The highest BCUT2D eigenvalue weighted by atomic mass is 19.1. The fraction of sp³-hybridized carbons (Fsp3) is 0.182. The van der Waals surface area contributed by atoms with Crippen LogP contribution < -0.4 is 19.3 Å². The number of ether oxygens (including phenoxy) is 2. The number of fused-ring (bicyclic) bond motifs is 1. The molecule has 43 heavy (non-hydrogen) atoms. The summed E-state index contributed by atoms with van der Waals surface area (Å²) >= 11 is 0. The maximum Gasteiger partial charge on any atom is 0.233 e. The van der Waals surface area contributed by atoms with Crippen molar-refractivity contribution in [3.8, 4) is 23.0 Å². The van der Waals surface area contributed by atoms with Gasteiger partial charge in [0, 0.05) is 30.3 Å². The number of hydrogen-bond acceptors (Lipinski definition) is 7. The standard InChI is InChI=1S/C33H28F2N4O4/c1-41-25-11-5-21(6-12-25)18-38(19-22-7-13-26(42-2)14-8-22)33-36-31(29-4-3-15-43-29)27-17-30(40)39(32(27)37-33)20-23-9-10-24(34)16-28(23)35/h3-16H,17-20H2,1-2H3. The Morgan fingerprint density at radius 1 is 0.884 bits per heavy atom. The van der Waals surface area contributed by atoms with E-state index in [0.29, 0.717) is 41.9 Å². The molecule has 218 valence electrons. The average molecular weight is 583 g/mol. The largest absolute Gasteiger partial charge is 0.497 e. The van der Waals surface area contributed by atoms with Gasteiger partial charge in [0.15, 0.2) is 5.76 Å². The van der Waals surface area contributed by atoms with Crippen LogP contribution in [0.5, 0.6) is 11.5 Å². The molecule has 0 aliphatic carbocycles. The Bertz CT molecular complexity index is 1690. The minimum Gasteiger partial charge on any atom is -0.497 e. The van der Waals surface area contributed by atoms with E-state index in [2.05, 4.69) is 0 Å². The van der Waals surface area contributed by atoms with Crippen molar-refractivity contribution in [3.05, 3.63) is 119 Å². The smallest absolute Gasteiger partial charge is 0.233 e. The molecular formula is C33H28F2N4O4. The van der Waals surface area contributed by atoms with E-state index < -0.39 is 11.6 Å². The Labute approximate surface area is 247 Å². The average Bonchev–Trinajstić information content (AvgIpc) is 3.66. The van der Waals surface area contributed by atoms with Crippen LogP contribution in [0.25, 0.3) is 11.5 Å². The van der Waals surface area contributed by atoms with Gasteiger partial charge in [0.1, 0.15) is 34.6 Å². The van der Waals surface area contributed by atoms with Crippen LogP contribution in [0, 0.1) is 11.6 Å². The van der Waals surface area contributed by atoms with Gasteiger partial charge in [-0.1, -0.05) is 30.3 Å². The van der Waals surface area contributed by atoms with Gasteiger partial charge in [0.05, 0.1) is 33.4 Å². The van der Waals surface area contributed by atoms with Crippen LogP contribution in [-0.2, 0) is 30.8 Å². The van der Waals surface area contributed by atoms with Crippen molar-refractivity contribution in [1.82, 2.24) is 9.97 Å². The predicted octanol–water partition coefficient (Wildman–Crippen LogP) is 6.33. The minimum atomic E-state index is -0.734. The van der Waals surface area contributed by atoms with Crippen molar-refractivity contribution in [3.63, 3.8) is 0 Å². The van der Waals surface area contributed by atoms with Crippen molar-refractivity contribution in [2.24, 2.45) is 0 Å². The number of nitrogens with zero attached hydrogens (tertiary/aromatic N) is 4. The summed E-state index contributed by atoms with van der Waals surface area (Å²) in [5.41, 5.74) is 3.21. The van der Waals surface area contributed by atoms with Gasteiger partial charge in [-0.3, -0.25) is 9.69 Å². The van der Waals surface area contributed by atoms with Gasteiger partial charge < -0.3 is 18.8 Å². The fourth-order valence-corrected chi connectivity index (χ4v) is 5.05. The van der Waals surface area contributed by atoms with Crippen molar-refractivity contribution < 1.29 is 27.5 Å². The number of furan rings is 1. The minimum absolute atomic E-state index is 0.0193. The van der Waals surface area contributed by atoms with E-state index in [1.165, 1.54) is 17.0 Å². The summed E-state index contributed by atoms with van der Waals surface area (Å²) < 4.78 is 44.6. The van der Waals surface area contributed by atoms with Gasteiger partial charge in [-0.05, 0) is 53.6 Å². The molecule has 0 saturated carbocycles. The Kier molecular flexibility index (Phi) is 7.74. The molecule has 8 nitrogen and oxygen atoms in total. The number of halogens is 2. The van der Waals surface area contributed by atoms with E-state index in [0.717, 1.165) is 28.7 Å². The van der Waals surface area contributed by atoms with Gasteiger partial charge >= 0.3 is 0 Å². The zero-order chi connectivity index (χ0) is 29.9. The molecule has 0 saturated heterocycles. The molecule has 0 radical (unpaired) electrons. The van der Waals surface area contributed by atoms with Gasteiger partial charge in [-0.2, -0.15) is 4.98 Å². The number of amides is 1. The number of aromatic nitrogens is 2. The summed E-state index contributed by atoms with van der Waals surface area (Å²) in [6, 6.07) is 22.2. The summed E-state index contributed by atoms with van der Waals surface area (Å²) in [5, 5.41) is 0. The highest BCUT2D eigenvalue weighted by Gasteiger charge is 2.35. The van der Waals surface area contributed by atoms with E-state index in [4.69, 9.17) is 23.9 Å². The third-order valence-electron chi connectivity index (χ3n) is 7.30. The molecule has 0 fully saturated rings. The van der Waals surface area contributed by atoms with Crippen LogP contribution in [0.3, 0.4) is 0 Å². The lowest BCUT2D eigenvalue weighted by Gasteiger charge is -2.25. The molecule has 2 aromatic heterocycles. The number of hydrogen-bond donors (Lipinski definition) is 0. The molecular weight excluding hydrogens is 554 g/mol. The van der Waals surface area contributed by atoms with Crippen LogP contribution in [0.2, 0.25) is 0 Å². The van der Waals surface area contributed by atoms with Crippen molar-refractivity contribution in [2.45, 2.75) is 26.1 Å². The van der Waals surface area contributed by atoms with E-state index in [1.807, 2.05) is 53.4 Å². The first-order valence-corrected chi connectivity index (χ1v) is 13.6. The monoisotopic (exact) mass is 582 g/mol. The molecule has 10 heteroatoms. The second-order valence-electron chi connectivity index (χ2n) is 10.1. The normalized spacial score (nSPS) is 12.4. The third kappa shape index (κ3) is 5.90. The summed E-state index contributed by atoms with van der Waals surface area (Å²) in [7, 11) is 3.23. The number of carbonyl (C=O) groups excluding carboxylic acids is 1. The first-order valence-electron chi connectivity index (χ1n) is 13.6. The lowest BCUT2D eigenvalue weighted by molar-refractivity contribution is -0.117. The first-order chi connectivity index (χ1) is 20.9. The van der Waals surface area contributed by atoms with Gasteiger partial charge in [0.25, 0.3) is 0 Å². The Hall–Kier alpha value is -5.25. The molecule has 0 N–H and O–H groups in total. The number of benzene rings is 3. The van der Waals surface area contributed by atoms with Crippen LogP contribution in [-0.4, -0.2) is 30.1 Å². The summed E-state index contributed by atoms with van der Waals surface area (Å²) in [6.07, 6.45) is 1.56. The lowest BCUT2D eigenvalue weighted by Crippen LogP contribution is -2.29. The number of methoxy groups -OCH3 is 2. The third-order valence-corrected chi connectivity index (χ3v) is 7.30. The van der Waals surface area contributed by atoms with Crippen LogP contribution in [0.4, 0.5) is 20.5 Å². The number of carbonyl (C=O) groups is 1. The Morgan fingerprint density at radius 2 is 1.53 bits per heavy atom. The second-order valence-corrected chi connectivity index (χ2v) is 10.1. The van der Waals surface area contributed by atoms with Crippen molar-refractivity contribution in [2.75, 3.05) is 24.0 Å². The molecule has 0 bridgehead atoms. The van der Waals surface area contributed by atoms with Crippen LogP contribution in [0.15, 0.2) is 89.5 Å².